The average molecular weight is 506 g/mol. The third-order valence-corrected chi connectivity index (χ3v) is 6.38. The molecule has 0 amide bonds. The van der Waals surface area contributed by atoms with E-state index >= 15 is 0 Å². The van der Waals surface area contributed by atoms with Gasteiger partial charge >= 0.3 is 0 Å². The molecule has 200 valence electrons. The minimum atomic E-state index is -3.39. The molecule has 0 saturated carbocycles. The quantitative estimate of drug-likeness (QED) is 0.165. The van der Waals surface area contributed by atoms with E-state index in [-0.39, 0.29) is 0 Å². The molecule has 0 unspecified atom stereocenters. The maximum atomic E-state index is 11.3. The predicted octanol–water partition coefficient (Wildman–Crippen LogP) is -8.91. The fraction of sp³-hybridized carbons (Fsp3) is 1.00. The van der Waals surface area contributed by atoms with Gasteiger partial charge < -0.3 is 85.3 Å². The van der Waals surface area contributed by atoms with E-state index in [4.69, 9.17) is 18.9 Å². The molecule has 0 radical (unpaired) electrons. The fourth-order valence-corrected chi connectivity index (χ4v) is 4.29. The van der Waals surface area contributed by atoms with Gasteiger partial charge in [0.05, 0.1) is 13.2 Å². The topological polar surface area (TPSA) is 300 Å². The summed E-state index contributed by atoms with van der Waals surface area (Å²) in [4.78, 5) is 0. The molecule has 3 saturated heterocycles. The monoisotopic (exact) mass is 506 g/mol. The zero-order chi connectivity index (χ0) is 25.7. The van der Waals surface area contributed by atoms with Gasteiger partial charge in [-0.1, -0.05) is 0 Å². The molecule has 0 aromatic rings. The van der Waals surface area contributed by atoms with Crippen molar-refractivity contribution in [2.75, 3.05) is 13.2 Å². The highest BCUT2D eigenvalue weighted by Crippen LogP contribution is 2.46. The van der Waals surface area contributed by atoms with Crippen LogP contribution in [0.15, 0.2) is 0 Å². The molecule has 3 aliphatic heterocycles. The van der Waals surface area contributed by atoms with Crippen LogP contribution in [0.5, 0.6) is 0 Å². The lowest BCUT2D eigenvalue weighted by Crippen LogP contribution is -2.82. The Balaban J connectivity index is 2.06. The highest BCUT2D eigenvalue weighted by molar-refractivity contribution is 5.15. The van der Waals surface area contributed by atoms with E-state index in [9.17, 15) is 66.4 Å². The summed E-state index contributed by atoms with van der Waals surface area (Å²) < 4.78 is 20.4. The van der Waals surface area contributed by atoms with Crippen LogP contribution < -0.4 is 0 Å². The highest BCUT2D eigenvalue weighted by Gasteiger charge is 2.72. The first kappa shape index (κ1) is 27.9. The molecule has 3 aliphatic rings. The molecule has 3 fully saturated rings. The Morgan fingerprint density at radius 1 is 0.647 bits per heavy atom. The van der Waals surface area contributed by atoms with Gasteiger partial charge in [-0.05, 0) is 0 Å². The van der Waals surface area contributed by atoms with Gasteiger partial charge in [0.2, 0.25) is 5.79 Å². The van der Waals surface area contributed by atoms with Gasteiger partial charge in [0.1, 0.15) is 61.0 Å². The summed E-state index contributed by atoms with van der Waals surface area (Å²) in [6.07, 6.45) is -28.3. The molecule has 17 nitrogen and oxygen atoms in total. The first-order valence-electron chi connectivity index (χ1n) is 10.2. The predicted molar refractivity (Wildman–Crippen MR) is 97.6 cm³/mol. The second kappa shape index (κ2) is 10.00. The summed E-state index contributed by atoms with van der Waals surface area (Å²) in [6.45, 7) is -2.56. The summed E-state index contributed by atoms with van der Waals surface area (Å²) >= 11 is 0. The minimum Gasteiger partial charge on any atom is -0.394 e. The van der Waals surface area contributed by atoms with Crippen LogP contribution in [0.25, 0.3) is 0 Å². The summed E-state index contributed by atoms with van der Waals surface area (Å²) in [6, 6.07) is 0. The first-order valence-corrected chi connectivity index (χ1v) is 10.2. The van der Waals surface area contributed by atoms with E-state index in [0.717, 1.165) is 0 Å². The maximum absolute atomic E-state index is 11.3. The highest BCUT2D eigenvalue weighted by atomic mass is 16.8. The van der Waals surface area contributed by atoms with Crippen LogP contribution in [-0.2, 0) is 18.9 Å². The van der Waals surface area contributed by atoms with Crippen LogP contribution in [-0.4, -0.2) is 171 Å². The van der Waals surface area contributed by atoms with Crippen LogP contribution in [0.3, 0.4) is 0 Å². The Kier molecular flexibility index (Phi) is 8.20. The van der Waals surface area contributed by atoms with Crippen LogP contribution in [0.1, 0.15) is 0 Å². The second-order valence-corrected chi connectivity index (χ2v) is 8.42. The minimum absolute atomic E-state index is 1.05. The van der Waals surface area contributed by atoms with Crippen LogP contribution in [0, 0.1) is 0 Å². The fourth-order valence-electron chi connectivity index (χ4n) is 4.29. The number of ether oxygens (including phenoxy) is 4. The Morgan fingerprint density at radius 2 is 1.24 bits per heavy atom. The van der Waals surface area contributed by atoms with Gasteiger partial charge in [0, 0.05) is 0 Å². The molecule has 17 heteroatoms. The molecular formula is C17H30O17. The van der Waals surface area contributed by atoms with Gasteiger partial charge in [-0.3, -0.25) is 0 Å². The van der Waals surface area contributed by atoms with Crippen molar-refractivity contribution in [2.45, 2.75) is 91.3 Å². The van der Waals surface area contributed by atoms with E-state index in [1.54, 1.807) is 0 Å². The molecule has 0 spiro atoms. The summed E-state index contributed by atoms with van der Waals surface area (Å²) in [5, 5.41) is 132. The molecule has 0 bridgehead atoms. The van der Waals surface area contributed by atoms with Gasteiger partial charge in [0.25, 0.3) is 0 Å². The Hall–Kier alpha value is -0.680. The average Bonchev–Trinajstić information content (AvgIpc) is 2.81. The van der Waals surface area contributed by atoms with Crippen molar-refractivity contribution >= 4 is 0 Å². The smallest absolute Gasteiger partial charge is 0.230 e. The van der Waals surface area contributed by atoms with E-state index in [1.807, 2.05) is 0 Å². The van der Waals surface area contributed by atoms with Crippen molar-refractivity contribution in [3.8, 4) is 0 Å². The Bertz CT molecular complexity index is 697. The third kappa shape index (κ3) is 4.15. The Morgan fingerprint density at radius 3 is 1.79 bits per heavy atom. The van der Waals surface area contributed by atoms with E-state index in [0.29, 0.717) is 0 Å². The van der Waals surface area contributed by atoms with Gasteiger partial charge in [-0.2, -0.15) is 0 Å². The summed E-state index contributed by atoms with van der Waals surface area (Å²) in [5.41, 5.74) is -3.05. The number of aliphatic hydroxyl groups is 13. The molecule has 34 heavy (non-hydrogen) atoms. The Labute approximate surface area is 190 Å². The molecular weight excluding hydrogens is 476 g/mol. The van der Waals surface area contributed by atoms with Crippen molar-refractivity contribution in [3.63, 3.8) is 0 Å². The maximum Gasteiger partial charge on any atom is 0.230 e. The van der Waals surface area contributed by atoms with Crippen LogP contribution >= 0.6 is 0 Å². The molecule has 15 atom stereocenters. The third-order valence-electron chi connectivity index (χ3n) is 6.38. The molecule has 3 rings (SSSR count). The van der Waals surface area contributed by atoms with Crippen molar-refractivity contribution in [3.05, 3.63) is 0 Å². The lowest BCUT2D eigenvalue weighted by molar-refractivity contribution is -0.470. The number of hydrogen-bond acceptors (Lipinski definition) is 17. The normalized spacial score (nSPS) is 56.9. The lowest BCUT2D eigenvalue weighted by Gasteiger charge is -2.59. The summed E-state index contributed by atoms with van der Waals surface area (Å²) in [5.74, 6) is -3.39. The van der Waals surface area contributed by atoms with Gasteiger partial charge in [0.15, 0.2) is 24.5 Å². The largest absolute Gasteiger partial charge is 0.394 e. The van der Waals surface area contributed by atoms with Crippen molar-refractivity contribution < 1.29 is 85.3 Å². The van der Waals surface area contributed by atoms with Crippen LogP contribution in [0.4, 0.5) is 0 Å². The van der Waals surface area contributed by atoms with Crippen molar-refractivity contribution in [1.82, 2.24) is 0 Å². The van der Waals surface area contributed by atoms with Gasteiger partial charge in [-0.15, -0.1) is 0 Å². The van der Waals surface area contributed by atoms with Crippen LogP contribution in [0.2, 0.25) is 0 Å². The lowest BCUT2D eigenvalue weighted by atomic mass is 9.74. The van der Waals surface area contributed by atoms with Crippen molar-refractivity contribution in [2.24, 2.45) is 0 Å². The molecule has 0 aliphatic carbocycles. The first-order chi connectivity index (χ1) is 15.8. The van der Waals surface area contributed by atoms with Gasteiger partial charge in [-0.25, -0.2) is 0 Å². The van der Waals surface area contributed by atoms with E-state index in [1.165, 1.54) is 0 Å². The molecule has 3 heterocycles. The van der Waals surface area contributed by atoms with E-state index in [2.05, 4.69) is 0 Å². The standard InChI is InChI=1S/C17H30O17/c18-1-3-4(20)6(22)11(27)17(30,33-3)16(2-19)12(7(23)9(25)14(29)34-16)31-15-10(26)5(21)8(24)13(28)32-15/h3-15,18-30H,1-2H2/t3-,4-,5+,6+,7+,8+,9-,10-,11-,12+,13+,14-,15-,16-,17+/m1/s1. The van der Waals surface area contributed by atoms with Crippen molar-refractivity contribution in [1.29, 1.82) is 0 Å². The number of rotatable bonds is 5. The molecule has 13 N–H and O–H groups in total. The molecule has 0 aromatic carbocycles. The number of aliphatic hydroxyl groups excluding tert-OH is 12. The zero-order valence-electron chi connectivity index (χ0n) is 17.4. The summed E-state index contributed by atoms with van der Waals surface area (Å²) in [7, 11) is 0. The number of hydrogen-bond donors (Lipinski definition) is 13. The molecule has 0 aromatic heterocycles. The van der Waals surface area contributed by atoms with E-state index < -0.39 is 105 Å². The zero-order valence-corrected chi connectivity index (χ0v) is 17.4. The second-order valence-electron chi connectivity index (χ2n) is 8.42. The SMILES string of the molecule is OC[C@H]1O[C@](O)([C@]2(CO)O[C@@H](O)[C@H](O)[C@H](O)[C@@H]2O[C@@H]2O[C@H](O)[C@@H](O)[C@H](O)[C@H]2O)[C@H](O)[C@@H](O)[C@@H]1O.